The maximum atomic E-state index is 12.2. The molecule has 2 aromatic rings. The number of rotatable bonds is 6. The number of esters is 1. The molecular weight excluding hydrogens is 334 g/mol. The number of anilines is 1. The fourth-order valence-corrected chi connectivity index (χ4v) is 1.90. The molecule has 0 fully saturated rings. The van der Waals surface area contributed by atoms with Gasteiger partial charge in [0.2, 0.25) is 0 Å². The minimum Gasteiger partial charge on any atom is -0.496 e. The highest BCUT2D eigenvalue weighted by Gasteiger charge is 2.24. The third kappa shape index (κ3) is 4.31. The first-order chi connectivity index (χ1) is 11.8. The van der Waals surface area contributed by atoms with Gasteiger partial charge in [-0.15, -0.1) is 0 Å². The maximum Gasteiger partial charge on any atom is 0.342 e. The van der Waals surface area contributed by atoms with Crippen molar-refractivity contribution in [3.63, 3.8) is 0 Å². The van der Waals surface area contributed by atoms with Crippen LogP contribution in [0.25, 0.3) is 0 Å². The number of nitro groups is 1. The maximum absolute atomic E-state index is 12.2. The molecule has 10 heteroatoms. The van der Waals surface area contributed by atoms with E-state index in [1.807, 2.05) is 0 Å². The number of nitrogens with zero attached hydrogens (tertiary/aromatic N) is 2. The van der Waals surface area contributed by atoms with Crippen LogP contribution in [0.15, 0.2) is 28.8 Å². The summed E-state index contributed by atoms with van der Waals surface area (Å²) in [5, 5.41) is 16.9. The van der Waals surface area contributed by atoms with Crippen LogP contribution in [-0.4, -0.2) is 35.2 Å². The van der Waals surface area contributed by atoms with Crippen LogP contribution < -0.4 is 10.1 Å². The molecule has 1 atom stereocenters. The molecule has 1 N–H and O–H groups in total. The standard InChI is InChI=1S/C15H15N3O7/c1-8-6-13(17-25-8)16-14(19)9(2)24-15(20)11-7-10(18(21)22)4-5-12(11)23-3/h4-7,9H,1-3H3,(H,16,17,19). The number of non-ortho nitro benzene ring substituents is 1. The number of amides is 1. The van der Waals surface area contributed by atoms with Gasteiger partial charge in [-0.3, -0.25) is 14.9 Å². The van der Waals surface area contributed by atoms with Gasteiger partial charge in [-0.1, -0.05) is 5.16 Å². The van der Waals surface area contributed by atoms with Crippen LogP contribution >= 0.6 is 0 Å². The lowest BCUT2D eigenvalue weighted by Crippen LogP contribution is -2.30. The van der Waals surface area contributed by atoms with Crippen LogP contribution in [0.2, 0.25) is 0 Å². The van der Waals surface area contributed by atoms with Crippen molar-refractivity contribution >= 4 is 23.4 Å². The fraction of sp³-hybridized carbons (Fsp3) is 0.267. The Balaban J connectivity index is 2.11. The minimum absolute atomic E-state index is 0.0929. The third-order valence-electron chi connectivity index (χ3n) is 3.15. The average molecular weight is 349 g/mol. The molecule has 0 aliphatic heterocycles. The Kier molecular flexibility index (Phi) is 5.32. The van der Waals surface area contributed by atoms with Crippen molar-refractivity contribution in [3.05, 3.63) is 45.7 Å². The van der Waals surface area contributed by atoms with Crippen LogP contribution in [0.3, 0.4) is 0 Å². The van der Waals surface area contributed by atoms with E-state index in [0.29, 0.717) is 5.76 Å². The van der Waals surface area contributed by atoms with Crippen LogP contribution in [0.4, 0.5) is 11.5 Å². The van der Waals surface area contributed by atoms with Gasteiger partial charge in [0.25, 0.3) is 11.6 Å². The van der Waals surface area contributed by atoms with Crippen molar-refractivity contribution in [2.24, 2.45) is 0 Å². The quantitative estimate of drug-likeness (QED) is 0.476. The van der Waals surface area contributed by atoms with E-state index >= 15 is 0 Å². The van der Waals surface area contributed by atoms with E-state index < -0.39 is 22.9 Å². The number of aryl methyl sites for hydroxylation is 1. The van der Waals surface area contributed by atoms with Crippen molar-refractivity contribution in [1.82, 2.24) is 5.16 Å². The summed E-state index contributed by atoms with van der Waals surface area (Å²) in [6.45, 7) is 3.00. The van der Waals surface area contributed by atoms with Gasteiger partial charge in [-0.25, -0.2) is 4.79 Å². The van der Waals surface area contributed by atoms with Gasteiger partial charge in [-0.2, -0.15) is 0 Å². The molecule has 0 spiro atoms. The van der Waals surface area contributed by atoms with Gasteiger partial charge < -0.3 is 19.3 Å². The lowest BCUT2D eigenvalue weighted by molar-refractivity contribution is -0.384. The zero-order chi connectivity index (χ0) is 18.6. The highest BCUT2D eigenvalue weighted by atomic mass is 16.6. The first kappa shape index (κ1) is 17.9. The number of nitrogens with one attached hydrogen (secondary N) is 1. The van der Waals surface area contributed by atoms with E-state index in [2.05, 4.69) is 10.5 Å². The molecule has 0 saturated heterocycles. The Labute approximate surface area is 141 Å². The molecule has 1 heterocycles. The van der Waals surface area contributed by atoms with Gasteiger partial charge in [0.15, 0.2) is 11.9 Å². The fourth-order valence-electron chi connectivity index (χ4n) is 1.90. The normalized spacial score (nSPS) is 11.5. The van der Waals surface area contributed by atoms with Gasteiger partial charge in [0.1, 0.15) is 17.1 Å². The summed E-state index contributed by atoms with van der Waals surface area (Å²) < 4.78 is 14.8. The van der Waals surface area contributed by atoms with E-state index in [1.54, 1.807) is 6.92 Å². The number of methoxy groups -OCH3 is 1. The van der Waals surface area contributed by atoms with Crippen LogP contribution in [-0.2, 0) is 9.53 Å². The lowest BCUT2D eigenvalue weighted by Gasteiger charge is -2.13. The zero-order valence-corrected chi connectivity index (χ0v) is 13.6. The predicted molar refractivity (Wildman–Crippen MR) is 84.4 cm³/mol. The van der Waals surface area contributed by atoms with Gasteiger partial charge >= 0.3 is 5.97 Å². The number of nitro benzene ring substituents is 1. The number of hydrogen-bond donors (Lipinski definition) is 1. The predicted octanol–water partition coefficient (Wildman–Crippen LogP) is 2.08. The molecule has 1 aromatic heterocycles. The van der Waals surface area contributed by atoms with Crippen LogP contribution in [0.5, 0.6) is 5.75 Å². The largest absolute Gasteiger partial charge is 0.496 e. The third-order valence-corrected chi connectivity index (χ3v) is 3.15. The number of ether oxygens (including phenoxy) is 2. The molecule has 2 rings (SSSR count). The van der Waals surface area contributed by atoms with E-state index in [1.165, 1.54) is 32.2 Å². The van der Waals surface area contributed by atoms with Gasteiger partial charge in [0.05, 0.1) is 12.0 Å². The molecule has 10 nitrogen and oxygen atoms in total. The highest BCUT2D eigenvalue weighted by molar-refractivity contribution is 5.98. The Bertz CT molecular complexity index is 815. The summed E-state index contributed by atoms with van der Waals surface area (Å²) in [4.78, 5) is 34.4. The number of aromatic nitrogens is 1. The Hall–Kier alpha value is -3.43. The Morgan fingerprint density at radius 2 is 2.08 bits per heavy atom. The second-order valence-corrected chi connectivity index (χ2v) is 5.00. The lowest BCUT2D eigenvalue weighted by atomic mass is 10.1. The molecule has 0 aliphatic carbocycles. The molecular formula is C15H15N3O7. The Morgan fingerprint density at radius 3 is 2.64 bits per heavy atom. The van der Waals surface area contributed by atoms with Crippen molar-refractivity contribution in [2.45, 2.75) is 20.0 Å². The summed E-state index contributed by atoms with van der Waals surface area (Å²) in [5.41, 5.74) is -0.462. The molecule has 0 saturated carbocycles. The molecule has 0 bridgehead atoms. The molecule has 132 valence electrons. The van der Waals surface area contributed by atoms with Crippen molar-refractivity contribution < 1.29 is 28.5 Å². The average Bonchev–Trinajstić information content (AvgIpc) is 2.98. The molecule has 1 amide bonds. The second-order valence-electron chi connectivity index (χ2n) is 5.00. The minimum atomic E-state index is -1.17. The van der Waals surface area contributed by atoms with Crippen molar-refractivity contribution in [1.29, 1.82) is 0 Å². The number of hydrogen-bond acceptors (Lipinski definition) is 8. The summed E-state index contributed by atoms with van der Waals surface area (Å²) >= 11 is 0. The molecule has 1 unspecified atom stereocenters. The molecule has 25 heavy (non-hydrogen) atoms. The molecule has 0 radical (unpaired) electrons. The van der Waals surface area contributed by atoms with Gasteiger partial charge in [0, 0.05) is 18.2 Å². The topological polar surface area (TPSA) is 134 Å². The van der Waals surface area contributed by atoms with E-state index in [9.17, 15) is 19.7 Å². The first-order valence-corrected chi connectivity index (χ1v) is 7.09. The summed E-state index contributed by atoms with van der Waals surface area (Å²) in [6, 6.07) is 4.99. The monoisotopic (exact) mass is 349 g/mol. The first-order valence-electron chi connectivity index (χ1n) is 7.09. The molecule has 0 aliphatic rings. The smallest absolute Gasteiger partial charge is 0.342 e. The van der Waals surface area contributed by atoms with Crippen molar-refractivity contribution in [2.75, 3.05) is 12.4 Å². The van der Waals surface area contributed by atoms with E-state index in [-0.39, 0.29) is 22.8 Å². The number of carbonyl (C=O) groups excluding carboxylic acids is 2. The highest BCUT2D eigenvalue weighted by Crippen LogP contribution is 2.25. The zero-order valence-electron chi connectivity index (χ0n) is 13.6. The summed E-state index contributed by atoms with van der Waals surface area (Å²) in [5.74, 6) is -0.791. The van der Waals surface area contributed by atoms with E-state index in [4.69, 9.17) is 14.0 Å². The second kappa shape index (κ2) is 7.43. The Morgan fingerprint density at radius 1 is 1.36 bits per heavy atom. The SMILES string of the molecule is COc1ccc([N+](=O)[O-])cc1C(=O)OC(C)C(=O)Nc1cc(C)on1. The number of benzene rings is 1. The summed E-state index contributed by atoms with van der Waals surface area (Å²) in [6.07, 6.45) is -1.17. The number of carbonyl (C=O) groups is 2. The van der Waals surface area contributed by atoms with Crippen LogP contribution in [0.1, 0.15) is 23.0 Å². The molecule has 1 aromatic carbocycles. The van der Waals surface area contributed by atoms with Crippen LogP contribution in [0, 0.1) is 17.0 Å². The van der Waals surface area contributed by atoms with Crippen molar-refractivity contribution in [3.8, 4) is 5.75 Å². The summed E-state index contributed by atoms with van der Waals surface area (Å²) in [7, 11) is 1.31. The van der Waals surface area contributed by atoms with Gasteiger partial charge in [-0.05, 0) is 19.9 Å². The van der Waals surface area contributed by atoms with E-state index in [0.717, 1.165) is 6.07 Å².